The standard InChI is InChI=1S/C18H27NO3/c1-13(2)16(20)15(19-17(21)22-18(3,4)5)12-11-14-9-7-6-8-10-14/h6-13,15-16,20H,1-5H3,(H,19,21)/b12-11+/t15-,16-/m0/s1. The monoisotopic (exact) mass is 305 g/mol. The van der Waals surface area contributed by atoms with Gasteiger partial charge in [0.05, 0.1) is 12.1 Å². The maximum Gasteiger partial charge on any atom is 0.408 e. The molecule has 122 valence electrons. The fourth-order valence-electron chi connectivity index (χ4n) is 1.88. The lowest BCUT2D eigenvalue weighted by Gasteiger charge is -2.26. The van der Waals surface area contributed by atoms with E-state index in [1.807, 2.05) is 50.3 Å². The minimum Gasteiger partial charge on any atom is -0.444 e. The van der Waals surface area contributed by atoms with Crippen molar-refractivity contribution in [3.05, 3.63) is 42.0 Å². The van der Waals surface area contributed by atoms with Crippen LogP contribution in [0.4, 0.5) is 4.79 Å². The van der Waals surface area contributed by atoms with Crippen LogP contribution in [0.1, 0.15) is 40.2 Å². The van der Waals surface area contributed by atoms with E-state index in [-0.39, 0.29) is 5.92 Å². The van der Waals surface area contributed by atoms with Crippen LogP contribution in [0.25, 0.3) is 6.08 Å². The number of benzene rings is 1. The molecule has 0 aliphatic rings. The van der Waals surface area contributed by atoms with E-state index in [0.717, 1.165) is 5.56 Å². The molecule has 0 saturated heterocycles. The number of aliphatic hydroxyl groups is 1. The minimum atomic E-state index is -0.688. The van der Waals surface area contributed by atoms with Crippen molar-refractivity contribution in [2.24, 2.45) is 5.92 Å². The van der Waals surface area contributed by atoms with Gasteiger partial charge in [-0.3, -0.25) is 0 Å². The molecule has 0 fully saturated rings. The lowest BCUT2D eigenvalue weighted by Crippen LogP contribution is -2.46. The van der Waals surface area contributed by atoms with Crippen molar-refractivity contribution >= 4 is 12.2 Å². The Bertz CT molecular complexity index is 489. The van der Waals surface area contributed by atoms with Gasteiger partial charge in [-0.05, 0) is 32.3 Å². The average molecular weight is 305 g/mol. The maximum atomic E-state index is 11.9. The predicted molar refractivity (Wildman–Crippen MR) is 89.5 cm³/mol. The third-order valence-corrected chi connectivity index (χ3v) is 3.03. The van der Waals surface area contributed by atoms with E-state index in [9.17, 15) is 9.90 Å². The van der Waals surface area contributed by atoms with Gasteiger partial charge in [-0.1, -0.05) is 56.3 Å². The molecule has 0 radical (unpaired) electrons. The third-order valence-electron chi connectivity index (χ3n) is 3.03. The summed E-state index contributed by atoms with van der Waals surface area (Å²) in [6.45, 7) is 9.23. The molecule has 1 aromatic carbocycles. The van der Waals surface area contributed by atoms with Crippen LogP contribution < -0.4 is 5.32 Å². The molecular weight excluding hydrogens is 278 g/mol. The maximum absolute atomic E-state index is 11.9. The van der Waals surface area contributed by atoms with Crippen LogP contribution in [0, 0.1) is 5.92 Å². The van der Waals surface area contributed by atoms with E-state index in [4.69, 9.17) is 4.74 Å². The highest BCUT2D eigenvalue weighted by Gasteiger charge is 2.24. The van der Waals surface area contributed by atoms with Crippen molar-refractivity contribution in [1.82, 2.24) is 5.32 Å². The van der Waals surface area contributed by atoms with Crippen molar-refractivity contribution in [2.75, 3.05) is 0 Å². The molecule has 0 spiro atoms. The Kier molecular flexibility index (Phi) is 6.62. The van der Waals surface area contributed by atoms with Gasteiger partial charge in [-0.25, -0.2) is 4.79 Å². The summed E-state index contributed by atoms with van der Waals surface area (Å²) in [7, 11) is 0. The van der Waals surface area contributed by atoms with Gasteiger partial charge in [0.2, 0.25) is 0 Å². The van der Waals surface area contributed by atoms with Gasteiger partial charge < -0.3 is 15.2 Å². The lowest BCUT2D eigenvalue weighted by atomic mass is 9.98. The van der Waals surface area contributed by atoms with Crippen LogP contribution in [-0.4, -0.2) is 28.9 Å². The van der Waals surface area contributed by atoms with Crippen LogP contribution in [0.2, 0.25) is 0 Å². The Hall–Kier alpha value is -1.81. The molecule has 0 bridgehead atoms. The van der Waals surface area contributed by atoms with Crippen molar-refractivity contribution in [3.63, 3.8) is 0 Å². The highest BCUT2D eigenvalue weighted by atomic mass is 16.6. The average Bonchev–Trinajstić information content (AvgIpc) is 2.41. The molecule has 1 amide bonds. The molecule has 0 aliphatic carbocycles. The molecular formula is C18H27NO3. The summed E-state index contributed by atoms with van der Waals surface area (Å²) < 4.78 is 5.26. The Morgan fingerprint density at radius 1 is 1.23 bits per heavy atom. The van der Waals surface area contributed by atoms with E-state index in [1.54, 1.807) is 26.8 Å². The van der Waals surface area contributed by atoms with Crippen LogP contribution in [0.15, 0.2) is 36.4 Å². The summed E-state index contributed by atoms with van der Waals surface area (Å²) in [5.74, 6) is 0.0142. The van der Waals surface area contributed by atoms with Crippen LogP contribution in [0.3, 0.4) is 0 Å². The van der Waals surface area contributed by atoms with Gasteiger partial charge >= 0.3 is 6.09 Å². The van der Waals surface area contributed by atoms with Crippen molar-refractivity contribution in [2.45, 2.75) is 52.4 Å². The smallest absolute Gasteiger partial charge is 0.408 e. The summed E-state index contributed by atoms with van der Waals surface area (Å²) in [6.07, 6.45) is 2.46. The molecule has 2 atom stereocenters. The number of hydrogen-bond donors (Lipinski definition) is 2. The highest BCUT2D eigenvalue weighted by molar-refractivity contribution is 5.69. The number of aliphatic hydroxyl groups excluding tert-OH is 1. The molecule has 2 N–H and O–H groups in total. The first kappa shape index (κ1) is 18.2. The van der Waals surface area contributed by atoms with E-state index in [1.165, 1.54) is 0 Å². The van der Waals surface area contributed by atoms with Crippen LogP contribution >= 0.6 is 0 Å². The number of amides is 1. The van der Waals surface area contributed by atoms with Crippen molar-refractivity contribution < 1.29 is 14.6 Å². The molecule has 0 heterocycles. The third kappa shape index (κ3) is 6.76. The molecule has 4 heteroatoms. The van der Waals surface area contributed by atoms with Gasteiger partial charge in [0, 0.05) is 0 Å². The van der Waals surface area contributed by atoms with Crippen LogP contribution in [0.5, 0.6) is 0 Å². The van der Waals surface area contributed by atoms with Crippen LogP contribution in [-0.2, 0) is 4.74 Å². The largest absolute Gasteiger partial charge is 0.444 e. The highest BCUT2D eigenvalue weighted by Crippen LogP contribution is 2.12. The number of hydrogen-bond acceptors (Lipinski definition) is 3. The van der Waals surface area contributed by atoms with Gasteiger partial charge in [0.15, 0.2) is 0 Å². The minimum absolute atomic E-state index is 0.0142. The first-order valence-corrected chi connectivity index (χ1v) is 7.60. The summed E-state index contributed by atoms with van der Waals surface area (Å²) in [5.41, 5.74) is 0.440. The normalized spacial score (nSPS) is 14.9. The van der Waals surface area contributed by atoms with Crippen molar-refractivity contribution in [3.8, 4) is 0 Å². The number of carbonyl (C=O) groups excluding carboxylic acids is 1. The predicted octanol–water partition coefficient (Wildman–Crippen LogP) is 3.61. The summed E-state index contributed by atoms with van der Waals surface area (Å²) in [4.78, 5) is 11.9. The SMILES string of the molecule is CC(C)[C@H](O)[C@H](/C=C/c1ccccc1)NC(=O)OC(C)(C)C. The summed E-state index contributed by atoms with van der Waals surface area (Å²) >= 11 is 0. The zero-order valence-electron chi connectivity index (χ0n) is 14.0. The lowest BCUT2D eigenvalue weighted by molar-refractivity contribution is 0.0411. The van der Waals surface area contributed by atoms with Gasteiger partial charge in [-0.15, -0.1) is 0 Å². The second-order valence-corrected chi connectivity index (χ2v) is 6.68. The molecule has 22 heavy (non-hydrogen) atoms. The quantitative estimate of drug-likeness (QED) is 0.873. The molecule has 0 saturated carbocycles. The fourth-order valence-corrected chi connectivity index (χ4v) is 1.88. The Morgan fingerprint density at radius 2 is 1.82 bits per heavy atom. The first-order valence-electron chi connectivity index (χ1n) is 7.60. The number of carbonyl (C=O) groups is 1. The first-order chi connectivity index (χ1) is 10.2. The molecule has 4 nitrogen and oxygen atoms in total. The Morgan fingerprint density at radius 3 is 2.32 bits per heavy atom. The second-order valence-electron chi connectivity index (χ2n) is 6.68. The van der Waals surface area contributed by atoms with E-state index >= 15 is 0 Å². The number of ether oxygens (including phenoxy) is 1. The molecule has 0 aliphatic heterocycles. The summed E-state index contributed by atoms with van der Waals surface area (Å²) in [5, 5.41) is 13.0. The Labute approximate surface area is 133 Å². The van der Waals surface area contributed by atoms with Gasteiger partial charge in [0.25, 0.3) is 0 Å². The molecule has 0 aromatic heterocycles. The zero-order valence-corrected chi connectivity index (χ0v) is 14.0. The molecule has 1 rings (SSSR count). The Balaban J connectivity index is 2.80. The van der Waals surface area contributed by atoms with E-state index < -0.39 is 23.8 Å². The zero-order chi connectivity index (χ0) is 16.8. The topological polar surface area (TPSA) is 58.6 Å². The van der Waals surface area contributed by atoms with Gasteiger partial charge in [0.1, 0.15) is 5.60 Å². The summed E-state index contributed by atoms with van der Waals surface area (Å²) in [6, 6.07) is 9.24. The molecule has 1 aromatic rings. The second kappa shape index (κ2) is 7.99. The van der Waals surface area contributed by atoms with Crippen molar-refractivity contribution in [1.29, 1.82) is 0 Å². The van der Waals surface area contributed by atoms with E-state index in [0.29, 0.717) is 0 Å². The number of rotatable bonds is 5. The number of alkyl carbamates (subject to hydrolysis) is 1. The number of nitrogens with one attached hydrogen (secondary N) is 1. The molecule has 0 unspecified atom stereocenters. The van der Waals surface area contributed by atoms with E-state index in [2.05, 4.69) is 5.32 Å². The fraction of sp³-hybridized carbons (Fsp3) is 0.500. The van der Waals surface area contributed by atoms with Gasteiger partial charge in [-0.2, -0.15) is 0 Å².